The summed E-state index contributed by atoms with van der Waals surface area (Å²) in [4.78, 5) is 13.2. The van der Waals surface area contributed by atoms with Gasteiger partial charge in [-0.05, 0) is 17.7 Å². The highest BCUT2D eigenvalue weighted by Gasteiger charge is 2.10. The molecular weight excluding hydrogens is 268 g/mol. The molecule has 7 nitrogen and oxygen atoms in total. The number of nitrogens with one attached hydrogen (secondary N) is 3. The summed E-state index contributed by atoms with van der Waals surface area (Å²) in [5.74, 6) is 0.669. The van der Waals surface area contributed by atoms with E-state index in [2.05, 4.69) is 25.7 Å². The zero-order valence-corrected chi connectivity index (χ0v) is 11.8. The number of fused-ring (bicyclic) bond motifs is 1. The molecule has 0 unspecified atom stereocenters. The van der Waals surface area contributed by atoms with Crippen molar-refractivity contribution < 1.29 is 4.79 Å². The van der Waals surface area contributed by atoms with Crippen LogP contribution in [-0.2, 0) is 4.79 Å². The monoisotopic (exact) mass is 284 g/mol. The Hall–Kier alpha value is -2.83. The first-order valence-electron chi connectivity index (χ1n) is 6.56. The number of amides is 1. The van der Waals surface area contributed by atoms with Gasteiger partial charge >= 0.3 is 0 Å². The van der Waals surface area contributed by atoms with Gasteiger partial charge in [0.05, 0.1) is 18.3 Å². The zero-order chi connectivity index (χ0) is 14.8. The second-order valence-corrected chi connectivity index (χ2v) is 4.96. The molecule has 0 fully saturated rings. The third kappa shape index (κ3) is 2.58. The van der Waals surface area contributed by atoms with E-state index in [0.29, 0.717) is 5.82 Å². The molecule has 0 spiro atoms. The van der Waals surface area contributed by atoms with Gasteiger partial charge in [-0.1, -0.05) is 6.07 Å². The molecule has 3 N–H and O–H groups in total. The van der Waals surface area contributed by atoms with Crippen molar-refractivity contribution in [3.05, 3.63) is 30.6 Å². The van der Waals surface area contributed by atoms with Crippen LogP contribution >= 0.6 is 0 Å². The van der Waals surface area contributed by atoms with Gasteiger partial charge in [-0.25, -0.2) is 0 Å². The molecule has 1 amide bonds. The maximum absolute atomic E-state index is 11.6. The molecule has 1 aromatic carbocycles. The van der Waals surface area contributed by atoms with Crippen molar-refractivity contribution >= 4 is 22.6 Å². The van der Waals surface area contributed by atoms with Gasteiger partial charge in [-0.3, -0.25) is 15.0 Å². The number of nitrogens with zero attached hydrogens (tertiary/aromatic N) is 3. The third-order valence-electron chi connectivity index (χ3n) is 3.30. The van der Waals surface area contributed by atoms with Crippen LogP contribution in [0.3, 0.4) is 0 Å². The maximum Gasteiger partial charge on any atom is 0.241 e. The summed E-state index contributed by atoms with van der Waals surface area (Å²) in [6.45, 7) is 0.211. The van der Waals surface area contributed by atoms with E-state index < -0.39 is 0 Å². The van der Waals surface area contributed by atoms with E-state index >= 15 is 0 Å². The number of anilines is 1. The van der Waals surface area contributed by atoms with Crippen LogP contribution in [0.15, 0.2) is 30.6 Å². The zero-order valence-electron chi connectivity index (χ0n) is 11.8. The smallest absolute Gasteiger partial charge is 0.241 e. The van der Waals surface area contributed by atoms with Crippen LogP contribution in [0, 0.1) is 0 Å². The average Bonchev–Trinajstić information content (AvgIpc) is 3.13. The van der Waals surface area contributed by atoms with Gasteiger partial charge < -0.3 is 10.2 Å². The molecular formula is C14H16N6O. The molecule has 0 bridgehead atoms. The molecule has 2 aromatic heterocycles. The molecule has 0 saturated heterocycles. The lowest BCUT2D eigenvalue weighted by atomic mass is 10.1. The minimum atomic E-state index is -0.00265. The van der Waals surface area contributed by atoms with Gasteiger partial charge in [0.2, 0.25) is 5.91 Å². The first-order valence-corrected chi connectivity index (χ1v) is 6.56. The number of aromatic nitrogens is 4. The number of aromatic amines is 2. The lowest BCUT2D eigenvalue weighted by Crippen LogP contribution is -2.28. The van der Waals surface area contributed by atoms with Crippen molar-refractivity contribution in [2.75, 3.05) is 26.0 Å². The van der Waals surface area contributed by atoms with Crippen LogP contribution < -0.4 is 5.32 Å². The van der Waals surface area contributed by atoms with E-state index in [-0.39, 0.29) is 12.5 Å². The van der Waals surface area contributed by atoms with Crippen LogP contribution in [0.2, 0.25) is 0 Å². The molecule has 3 aromatic rings. The van der Waals surface area contributed by atoms with Crippen molar-refractivity contribution in [1.82, 2.24) is 25.3 Å². The number of H-pyrrole nitrogens is 2. The van der Waals surface area contributed by atoms with E-state index in [0.717, 1.165) is 22.0 Å². The molecule has 0 aliphatic heterocycles. The first-order chi connectivity index (χ1) is 10.1. The topological polar surface area (TPSA) is 89.7 Å². The highest BCUT2D eigenvalue weighted by atomic mass is 16.2. The fourth-order valence-corrected chi connectivity index (χ4v) is 2.05. The maximum atomic E-state index is 11.6. The van der Waals surface area contributed by atoms with E-state index in [4.69, 9.17) is 0 Å². The second-order valence-electron chi connectivity index (χ2n) is 4.96. The Kier molecular flexibility index (Phi) is 3.31. The predicted molar refractivity (Wildman–Crippen MR) is 80.9 cm³/mol. The summed E-state index contributed by atoms with van der Waals surface area (Å²) < 4.78 is 0. The quantitative estimate of drug-likeness (QED) is 0.676. The van der Waals surface area contributed by atoms with E-state index in [1.807, 2.05) is 24.4 Å². The number of benzene rings is 1. The number of rotatable bonds is 4. The van der Waals surface area contributed by atoms with E-state index in [9.17, 15) is 4.79 Å². The second kappa shape index (κ2) is 5.28. The van der Waals surface area contributed by atoms with Crippen molar-refractivity contribution in [2.45, 2.75) is 0 Å². The van der Waals surface area contributed by atoms with Crippen LogP contribution in [-0.4, -0.2) is 51.8 Å². The Morgan fingerprint density at radius 1 is 1.33 bits per heavy atom. The largest absolute Gasteiger partial charge is 0.359 e. The molecule has 0 aliphatic carbocycles. The number of carbonyl (C=O) groups is 1. The molecule has 3 rings (SSSR count). The summed E-state index contributed by atoms with van der Waals surface area (Å²) in [7, 11) is 3.45. The minimum absolute atomic E-state index is 0.00265. The normalized spacial score (nSPS) is 10.8. The lowest BCUT2D eigenvalue weighted by Gasteiger charge is -2.10. The van der Waals surface area contributed by atoms with Gasteiger partial charge in [-0.2, -0.15) is 10.2 Å². The number of carbonyl (C=O) groups excluding carboxylic acids is 1. The number of hydrogen-bond acceptors (Lipinski definition) is 4. The molecule has 108 valence electrons. The van der Waals surface area contributed by atoms with Gasteiger partial charge in [0.25, 0.3) is 0 Å². The van der Waals surface area contributed by atoms with Crippen LogP contribution in [0.25, 0.3) is 22.0 Å². The van der Waals surface area contributed by atoms with E-state index in [1.54, 1.807) is 25.2 Å². The summed E-state index contributed by atoms with van der Waals surface area (Å²) in [6.07, 6.45) is 3.61. The van der Waals surface area contributed by atoms with Crippen molar-refractivity contribution in [3.63, 3.8) is 0 Å². The SMILES string of the molecule is CN(C)C(=O)CNc1n[nH]c2ccc(-c3cn[nH]c3)cc12. The standard InChI is InChI=1S/C14H16N6O/c1-20(2)13(21)8-15-14-11-5-9(10-6-16-17-7-10)3-4-12(11)18-19-14/h3-7H,8H2,1-2H3,(H,16,17)(H2,15,18,19). The van der Waals surface area contributed by atoms with Gasteiger partial charge in [0.15, 0.2) is 5.82 Å². The Balaban J connectivity index is 1.89. The van der Waals surface area contributed by atoms with E-state index in [1.165, 1.54) is 0 Å². The fourth-order valence-electron chi connectivity index (χ4n) is 2.05. The number of hydrogen-bond donors (Lipinski definition) is 3. The number of likely N-dealkylation sites (N-methyl/N-ethyl adjacent to an activating group) is 1. The van der Waals surface area contributed by atoms with Crippen LogP contribution in [0.5, 0.6) is 0 Å². The summed E-state index contributed by atoms with van der Waals surface area (Å²) in [6, 6.07) is 5.98. The molecule has 0 radical (unpaired) electrons. The highest BCUT2D eigenvalue weighted by molar-refractivity contribution is 5.94. The lowest BCUT2D eigenvalue weighted by molar-refractivity contribution is -0.126. The molecule has 0 saturated carbocycles. The average molecular weight is 284 g/mol. The Morgan fingerprint density at radius 2 is 2.19 bits per heavy atom. The van der Waals surface area contributed by atoms with Crippen LogP contribution in [0.4, 0.5) is 5.82 Å². The van der Waals surface area contributed by atoms with Gasteiger partial charge in [-0.15, -0.1) is 0 Å². The third-order valence-corrected chi connectivity index (χ3v) is 3.30. The van der Waals surface area contributed by atoms with Crippen molar-refractivity contribution in [3.8, 4) is 11.1 Å². The van der Waals surface area contributed by atoms with Crippen molar-refractivity contribution in [1.29, 1.82) is 0 Å². The van der Waals surface area contributed by atoms with Gasteiger partial charge in [0.1, 0.15) is 0 Å². The molecule has 7 heteroatoms. The first kappa shape index (κ1) is 13.2. The highest BCUT2D eigenvalue weighted by Crippen LogP contribution is 2.26. The van der Waals surface area contributed by atoms with Crippen LogP contribution in [0.1, 0.15) is 0 Å². The summed E-state index contributed by atoms with van der Waals surface area (Å²) in [5, 5.41) is 17.9. The summed E-state index contributed by atoms with van der Waals surface area (Å²) >= 11 is 0. The van der Waals surface area contributed by atoms with Gasteiger partial charge in [0, 0.05) is 31.2 Å². The summed E-state index contributed by atoms with van der Waals surface area (Å²) in [5.41, 5.74) is 2.97. The Bertz CT molecular complexity index is 759. The van der Waals surface area contributed by atoms with Crippen molar-refractivity contribution in [2.24, 2.45) is 0 Å². The molecule has 21 heavy (non-hydrogen) atoms. The molecule has 0 atom stereocenters. The molecule has 2 heterocycles. The Morgan fingerprint density at radius 3 is 2.90 bits per heavy atom. The fraction of sp³-hybridized carbons (Fsp3) is 0.214. The molecule has 0 aliphatic rings. The minimum Gasteiger partial charge on any atom is -0.359 e. The Labute approximate surface area is 121 Å². The predicted octanol–water partition coefficient (Wildman–Crippen LogP) is 1.45.